The number of fused-ring (bicyclic) bond motifs is 4. The SMILES string of the molecule is [2H]C([2H])([2H])c1ccc2c3ccc(Oc4cccc(N5CN(c6cc(C(C)(C)C)cc(C(C)(C)C)c6)c6ccccc65)c4)cc3n(-c3cc(C(C)(C)C)ccn3)c2c1. The number of aromatic nitrogens is 2. The van der Waals surface area contributed by atoms with Crippen molar-refractivity contribution in [3.05, 3.63) is 144 Å². The maximum atomic E-state index is 8.15. The smallest absolute Gasteiger partial charge is 0.137 e. The second kappa shape index (κ2) is 12.8. The quantitative estimate of drug-likeness (QED) is 0.178. The van der Waals surface area contributed by atoms with Crippen LogP contribution < -0.4 is 14.5 Å². The average Bonchev–Trinajstić information content (AvgIpc) is 3.69. The van der Waals surface area contributed by atoms with Gasteiger partial charge >= 0.3 is 0 Å². The molecule has 0 spiro atoms. The molecule has 0 fully saturated rings. The van der Waals surface area contributed by atoms with Crippen molar-refractivity contribution in [1.29, 1.82) is 0 Å². The van der Waals surface area contributed by atoms with E-state index in [1.165, 1.54) is 22.5 Å². The first-order chi connectivity index (χ1) is 26.8. The zero-order chi connectivity index (χ0) is 40.7. The number of hydrogen-bond acceptors (Lipinski definition) is 4. The van der Waals surface area contributed by atoms with E-state index in [2.05, 4.69) is 143 Å². The van der Waals surface area contributed by atoms with Crippen molar-refractivity contribution in [3.8, 4) is 17.3 Å². The summed E-state index contributed by atoms with van der Waals surface area (Å²) in [5.74, 6) is 2.11. The molecule has 7 aromatic rings. The predicted octanol–water partition coefficient (Wildman–Crippen LogP) is 13.4. The molecular formula is C49H52N4O. The van der Waals surface area contributed by atoms with Crippen LogP contribution in [0.1, 0.15) is 88.7 Å². The molecule has 0 bridgehead atoms. The molecule has 0 saturated carbocycles. The van der Waals surface area contributed by atoms with Gasteiger partial charge in [0.15, 0.2) is 0 Å². The number of anilines is 4. The molecule has 8 rings (SSSR count). The minimum atomic E-state index is -2.24. The average molecular weight is 716 g/mol. The largest absolute Gasteiger partial charge is 0.457 e. The number of ether oxygens (including phenoxy) is 1. The third kappa shape index (κ3) is 6.51. The summed E-state index contributed by atoms with van der Waals surface area (Å²) in [5.41, 5.74) is 10.2. The minimum Gasteiger partial charge on any atom is -0.457 e. The van der Waals surface area contributed by atoms with Crippen LogP contribution in [0.25, 0.3) is 27.6 Å². The highest BCUT2D eigenvalue weighted by atomic mass is 16.5. The molecule has 1 aliphatic rings. The molecule has 0 atom stereocenters. The van der Waals surface area contributed by atoms with Crippen molar-refractivity contribution in [1.82, 2.24) is 9.55 Å². The summed E-state index contributed by atoms with van der Waals surface area (Å²) in [5, 5.41) is 1.94. The summed E-state index contributed by atoms with van der Waals surface area (Å²) in [4.78, 5) is 9.57. The van der Waals surface area contributed by atoms with E-state index in [1.807, 2.05) is 42.6 Å². The predicted molar refractivity (Wildman–Crippen MR) is 228 cm³/mol. The van der Waals surface area contributed by atoms with Crippen LogP contribution in [0.3, 0.4) is 0 Å². The normalized spacial score (nSPS) is 14.6. The van der Waals surface area contributed by atoms with Crippen molar-refractivity contribution in [2.24, 2.45) is 0 Å². The molecular weight excluding hydrogens is 661 g/mol. The second-order valence-electron chi connectivity index (χ2n) is 17.8. The highest BCUT2D eigenvalue weighted by Gasteiger charge is 2.30. The Morgan fingerprint density at radius 3 is 1.81 bits per heavy atom. The van der Waals surface area contributed by atoms with Crippen LogP contribution in [0.5, 0.6) is 11.5 Å². The number of rotatable bonds is 5. The number of hydrogen-bond donors (Lipinski definition) is 0. The molecule has 0 amide bonds. The summed E-state index contributed by atoms with van der Waals surface area (Å²) >= 11 is 0. The number of nitrogens with zero attached hydrogens (tertiary/aromatic N) is 4. The third-order valence-electron chi connectivity index (χ3n) is 10.7. The van der Waals surface area contributed by atoms with Crippen LogP contribution in [0.15, 0.2) is 121 Å². The lowest BCUT2D eigenvalue weighted by Gasteiger charge is -2.29. The zero-order valence-corrected chi connectivity index (χ0v) is 33.0. The fraction of sp³-hybridized carbons (Fsp3) is 0.286. The summed E-state index contributed by atoms with van der Waals surface area (Å²) in [6.07, 6.45) is 1.83. The molecule has 0 aliphatic carbocycles. The van der Waals surface area contributed by atoms with Crippen molar-refractivity contribution < 1.29 is 8.85 Å². The monoisotopic (exact) mass is 715 g/mol. The van der Waals surface area contributed by atoms with E-state index in [0.717, 1.165) is 44.6 Å². The van der Waals surface area contributed by atoms with Gasteiger partial charge in [-0.3, -0.25) is 4.57 Å². The Kier molecular flexibility index (Phi) is 7.57. The van der Waals surface area contributed by atoms with E-state index in [0.29, 0.717) is 18.2 Å². The second-order valence-corrected chi connectivity index (χ2v) is 17.8. The highest BCUT2D eigenvalue weighted by molar-refractivity contribution is 6.09. The Hall–Kier alpha value is -5.55. The number of benzene rings is 5. The lowest BCUT2D eigenvalue weighted by molar-refractivity contribution is 0.483. The molecule has 274 valence electrons. The molecule has 1 aliphatic heterocycles. The summed E-state index contributed by atoms with van der Waals surface area (Å²) in [7, 11) is 0. The Morgan fingerprint density at radius 1 is 0.556 bits per heavy atom. The lowest BCUT2D eigenvalue weighted by atomic mass is 9.80. The van der Waals surface area contributed by atoms with Crippen LogP contribution in [0.4, 0.5) is 22.7 Å². The van der Waals surface area contributed by atoms with Crippen LogP contribution in [-0.2, 0) is 16.2 Å². The summed E-state index contributed by atoms with van der Waals surface area (Å²) < 4.78 is 33.2. The Balaban J connectivity index is 1.18. The fourth-order valence-corrected chi connectivity index (χ4v) is 7.46. The lowest BCUT2D eigenvalue weighted by Crippen LogP contribution is -2.25. The zero-order valence-electron chi connectivity index (χ0n) is 36.0. The van der Waals surface area contributed by atoms with Crippen LogP contribution in [0, 0.1) is 6.85 Å². The number of pyridine rings is 1. The minimum absolute atomic E-state index is 0.00560. The van der Waals surface area contributed by atoms with Gasteiger partial charge in [-0.15, -0.1) is 0 Å². The molecule has 0 saturated heterocycles. The molecule has 0 radical (unpaired) electrons. The van der Waals surface area contributed by atoms with Gasteiger partial charge in [-0.05, 0) is 112 Å². The Labute approximate surface area is 325 Å². The standard InChI is InChI=1S/C49H52N4O/c1-32-18-20-40-41-21-19-39(30-45(41)53(44(40)24-32)46-28-33(22-23-50-46)47(2,3)4)54-38-15-13-14-36(29-38)51-31-52(43-17-12-11-16-42(43)51)37-26-34(48(5,6)7)25-35(27-37)49(8,9)10/h11-30H,31H2,1-10H3/i1D3. The van der Waals surface area contributed by atoms with Crippen LogP contribution >= 0.6 is 0 Å². The first kappa shape index (κ1) is 31.9. The van der Waals surface area contributed by atoms with Gasteiger partial charge in [0.2, 0.25) is 0 Å². The highest BCUT2D eigenvalue weighted by Crippen LogP contribution is 2.46. The summed E-state index contributed by atoms with van der Waals surface area (Å²) in [6, 6.07) is 39.5. The first-order valence-corrected chi connectivity index (χ1v) is 18.9. The van der Waals surface area contributed by atoms with E-state index in [9.17, 15) is 0 Å². The van der Waals surface area contributed by atoms with Gasteiger partial charge in [0.25, 0.3) is 0 Å². The van der Waals surface area contributed by atoms with Gasteiger partial charge in [-0.2, -0.15) is 0 Å². The van der Waals surface area contributed by atoms with Gasteiger partial charge in [0, 0.05) is 44.6 Å². The molecule has 5 aromatic carbocycles. The molecule has 2 aromatic heterocycles. The molecule has 5 heteroatoms. The Morgan fingerprint density at radius 2 is 1.17 bits per heavy atom. The topological polar surface area (TPSA) is 33.5 Å². The van der Waals surface area contributed by atoms with Gasteiger partial charge in [-0.25, -0.2) is 4.98 Å². The van der Waals surface area contributed by atoms with Crippen molar-refractivity contribution in [2.45, 2.75) is 85.4 Å². The van der Waals surface area contributed by atoms with Gasteiger partial charge in [-0.1, -0.05) is 98.7 Å². The molecule has 54 heavy (non-hydrogen) atoms. The fourth-order valence-electron chi connectivity index (χ4n) is 7.46. The van der Waals surface area contributed by atoms with E-state index in [-0.39, 0.29) is 21.8 Å². The first-order valence-electron chi connectivity index (χ1n) is 20.4. The van der Waals surface area contributed by atoms with Crippen molar-refractivity contribution >= 4 is 44.6 Å². The van der Waals surface area contributed by atoms with Gasteiger partial charge in [0.1, 0.15) is 24.0 Å². The van der Waals surface area contributed by atoms with Crippen molar-refractivity contribution in [3.63, 3.8) is 0 Å². The van der Waals surface area contributed by atoms with E-state index >= 15 is 0 Å². The van der Waals surface area contributed by atoms with Crippen LogP contribution in [-0.4, -0.2) is 16.2 Å². The number of aryl methyl sites for hydroxylation is 1. The Bertz CT molecular complexity index is 2620. The maximum absolute atomic E-state index is 8.15. The van der Waals surface area contributed by atoms with Gasteiger partial charge in [0.05, 0.1) is 22.4 Å². The van der Waals surface area contributed by atoms with Crippen molar-refractivity contribution in [2.75, 3.05) is 16.5 Å². The van der Waals surface area contributed by atoms with E-state index in [1.54, 1.807) is 12.1 Å². The number of para-hydroxylation sites is 2. The molecule has 0 unspecified atom stereocenters. The molecule has 3 heterocycles. The van der Waals surface area contributed by atoms with Gasteiger partial charge < -0.3 is 14.5 Å². The third-order valence-corrected chi connectivity index (χ3v) is 10.7. The molecule has 5 nitrogen and oxygen atoms in total. The van der Waals surface area contributed by atoms with Crippen LogP contribution in [0.2, 0.25) is 0 Å². The van der Waals surface area contributed by atoms with E-state index in [4.69, 9.17) is 13.8 Å². The van der Waals surface area contributed by atoms with E-state index < -0.39 is 6.85 Å². The maximum Gasteiger partial charge on any atom is 0.137 e. The summed E-state index contributed by atoms with van der Waals surface area (Å²) in [6.45, 7) is 18.6. The molecule has 0 N–H and O–H groups in total.